The van der Waals surface area contributed by atoms with E-state index in [1.807, 2.05) is 24.3 Å². The van der Waals surface area contributed by atoms with Gasteiger partial charge in [-0.3, -0.25) is 19.3 Å². The molecule has 1 aliphatic carbocycles. The number of hydrogen-bond donors (Lipinski definition) is 1. The van der Waals surface area contributed by atoms with E-state index in [1.165, 1.54) is 0 Å². The van der Waals surface area contributed by atoms with Gasteiger partial charge < -0.3 is 10.1 Å². The van der Waals surface area contributed by atoms with Crippen molar-refractivity contribution in [1.82, 2.24) is 10.2 Å². The smallest absolute Gasteiger partial charge is 0.240 e. The third kappa shape index (κ3) is 3.13. The first kappa shape index (κ1) is 16.5. The molecule has 0 aromatic heterocycles. The summed E-state index contributed by atoms with van der Waals surface area (Å²) in [5.41, 5.74) is 0.848. The summed E-state index contributed by atoms with van der Waals surface area (Å²) in [7, 11) is 1.57. The van der Waals surface area contributed by atoms with E-state index in [0.29, 0.717) is 12.3 Å². The lowest BCUT2D eigenvalue weighted by atomic mass is 9.81. The van der Waals surface area contributed by atoms with Crippen LogP contribution < -0.4 is 10.1 Å². The molecule has 0 spiro atoms. The summed E-state index contributed by atoms with van der Waals surface area (Å²) in [6.07, 6.45) is 3.48. The van der Waals surface area contributed by atoms with Crippen molar-refractivity contribution in [3.63, 3.8) is 0 Å². The van der Waals surface area contributed by atoms with Crippen LogP contribution in [0.3, 0.4) is 0 Å². The molecular formula is C18H22N2O4. The van der Waals surface area contributed by atoms with Gasteiger partial charge >= 0.3 is 0 Å². The van der Waals surface area contributed by atoms with Crippen LogP contribution in [-0.2, 0) is 20.9 Å². The summed E-state index contributed by atoms with van der Waals surface area (Å²) in [5.74, 6) is -0.436. The van der Waals surface area contributed by atoms with Gasteiger partial charge in [0.1, 0.15) is 12.3 Å². The molecule has 1 heterocycles. The molecule has 1 saturated carbocycles. The van der Waals surface area contributed by atoms with E-state index in [2.05, 4.69) is 5.32 Å². The van der Waals surface area contributed by atoms with E-state index >= 15 is 0 Å². The number of imide groups is 1. The van der Waals surface area contributed by atoms with Crippen LogP contribution in [-0.4, -0.2) is 36.3 Å². The van der Waals surface area contributed by atoms with Crippen molar-refractivity contribution in [2.45, 2.75) is 32.2 Å². The zero-order chi connectivity index (χ0) is 17.1. The molecule has 3 rings (SSSR count). The van der Waals surface area contributed by atoms with Crippen molar-refractivity contribution in [1.29, 1.82) is 0 Å². The van der Waals surface area contributed by atoms with Crippen LogP contribution >= 0.6 is 0 Å². The average Bonchev–Trinajstić information content (AvgIpc) is 2.85. The summed E-state index contributed by atoms with van der Waals surface area (Å²) in [6, 6.07) is 7.40. The van der Waals surface area contributed by atoms with Crippen molar-refractivity contribution in [3.8, 4) is 5.75 Å². The van der Waals surface area contributed by atoms with Gasteiger partial charge in [-0.2, -0.15) is 0 Å². The van der Waals surface area contributed by atoms with Crippen LogP contribution in [0.25, 0.3) is 0 Å². The second kappa shape index (κ2) is 7.03. The Morgan fingerprint density at radius 2 is 1.79 bits per heavy atom. The lowest BCUT2D eigenvalue weighted by Gasteiger charge is -2.19. The molecule has 2 atom stereocenters. The van der Waals surface area contributed by atoms with Gasteiger partial charge in [0.05, 0.1) is 18.9 Å². The Morgan fingerprint density at radius 1 is 1.17 bits per heavy atom. The molecule has 0 unspecified atom stereocenters. The van der Waals surface area contributed by atoms with Gasteiger partial charge in [-0.25, -0.2) is 0 Å². The molecule has 0 bridgehead atoms. The van der Waals surface area contributed by atoms with Gasteiger partial charge in [0.25, 0.3) is 0 Å². The molecule has 3 amide bonds. The number of amides is 3. The van der Waals surface area contributed by atoms with Crippen molar-refractivity contribution >= 4 is 17.7 Å². The van der Waals surface area contributed by atoms with E-state index in [9.17, 15) is 14.4 Å². The lowest BCUT2D eigenvalue weighted by Crippen LogP contribution is -2.40. The first-order chi connectivity index (χ1) is 11.6. The minimum atomic E-state index is -0.332. The number of carbonyl (C=O) groups excluding carboxylic acids is 3. The number of benzene rings is 1. The van der Waals surface area contributed by atoms with Gasteiger partial charge in [0.15, 0.2) is 0 Å². The highest BCUT2D eigenvalue weighted by Crippen LogP contribution is 2.37. The molecule has 24 heavy (non-hydrogen) atoms. The zero-order valence-corrected chi connectivity index (χ0v) is 13.8. The fourth-order valence-corrected chi connectivity index (χ4v) is 3.63. The molecule has 1 aromatic carbocycles. The number of rotatable bonds is 5. The summed E-state index contributed by atoms with van der Waals surface area (Å²) < 4.78 is 5.24. The molecule has 0 radical (unpaired) electrons. The van der Waals surface area contributed by atoms with Crippen molar-refractivity contribution < 1.29 is 19.1 Å². The highest BCUT2D eigenvalue weighted by molar-refractivity contribution is 6.07. The Balaban J connectivity index is 1.59. The highest BCUT2D eigenvalue weighted by atomic mass is 16.5. The van der Waals surface area contributed by atoms with Gasteiger partial charge in [-0.05, 0) is 18.9 Å². The molecule has 128 valence electrons. The van der Waals surface area contributed by atoms with Crippen LogP contribution in [0, 0.1) is 11.8 Å². The molecule has 1 aromatic rings. The van der Waals surface area contributed by atoms with E-state index in [0.717, 1.165) is 36.1 Å². The maximum atomic E-state index is 12.4. The van der Waals surface area contributed by atoms with Crippen LogP contribution in [0.2, 0.25) is 0 Å². The molecule has 2 aliphatic rings. The maximum Gasteiger partial charge on any atom is 0.240 e. The number of nitrogens with one attached hydrogen (secondary N) is 1. The Labute approximate surface area is 141 Å². The van der Waals surface area contributed by atoms with Crippen LogP contribution in [0.15, 0.2) is 24.3 Å². The third-order valence-electron chi connectivity index (χ3n) is 4.90. The van der Waals surface area contributed by atoms with E-state index in [-0.39, 0.29) is 36.1 Å². The normalized spacial score (nSPS) is 23.1. The minimum absolute atomic E-state index is 0.183. The Bertz CT molecular complexity index is 634. The minimum Gasteiger partial charge on any atom is -0.496 e. The van der Waals surface area contributed by atoms with Crippen molar-refractivity contribution in [2.24, 2.45) is 11.8 Å². The quantitative estimate of drug-likeness (QED) is 0.830. The number of methoxy groups -OCH3 is 1. The topological polar surface area (TPSA) is 75.7 Å². The summed E-state index contributed by atoms with van der Waals surface area (Å²) >= 11 is 0. The number of ether oxygens (including phenoxy) is 1. The molecular weight excluding hydrogens is 308 g/mol. The highest BCUT2D eigenvalue weighted by Gasteiger charge is 2.48. The fraction of sp³-hybridized carbons (Fsp3) is 0.500. The van der Waals surface area contributed by atoms with Gasteiger partial charge in [0, 0.05) is 12.1 Å². The first-order valence-electron chi connectivity index (χ1n) is 8.35. The van der Waals surface area contributed by atoms with Gasteiger partial charge in [-0.15, -0.1) is 0 Å². The van der Waals surface area contributed by atoms with Crippen LogP contribution in [0.1, 0.15) is 31.2 Å². The van der Waals surface area contributed by atoms with Gasteiger partial charge in [-0.1, -0.05) is 31.0 Å². The second-order valence-electron chi connectivity index (χ2n) is 6.35. The Kier molecular flexibility index (Phi) is 4.83. The third-order valence-corrected chi connectivity index (χ3v) is 4.90. The monoisotopic (exact) mass is 330 g/mol. The zero-order valence-electron chi connectivity index (χ0n) is 13.8. The predicted octanol–water partition coefficient (Wildman–Crippen LogP) is 1.49. The number of fused-ring (bicyclic) bond motifs is 1. The number of likely N-dealkylation sites (tertiary alicyclic amines) is 1. The number of nitrogens with zero attached hydrogens (tertiary/aromatic N) is 1. The molecule has 2 fully saturated rings. The molecule has 6 heteroatoms. The van der Waals surface area contributed by atoms with Crippen LogP contribution in [0.4, 0.5) is 0 Å². The lowest BCUT2D eigenvalue weighted by molar-refractivity contribution is -0.143. The summed E-state index contributed by atoms with van der Waals surface area (Å²) in [6.45, 7) is 0.103. The molecule has 6 nitrogen and oxygen atoms in total. The summed E-state index contributed by atoms with van der Waals surface area (Å²) in [5, 5.41) is 2.76. The van der Waals surface area contributed by atoms with Crippen LogP contribution in [0.5, 0.6) is 5.75 Å². The van der Waals surface area contributed by atoms with E-state index < -0.39 is 0 Å². The van der Waals surface area contributed by atoms with E-state index in [4.69, 9.17) is 4.74 Å². The van der Waals surface area contributed by atoms with E-state index in [1.54, 1.807) is 7.11 Å². The molecule has 1 N–H and O–H groups in total. The fourth-order valence-electron chi connectivity index (χ4n) is 3.63. The van der Waals surface area contributed by atoms with Crippen molar-refractivity contribution in [2.75, 3.05) is 13.7 Å². The number of hydrogen-bond acceptors (Lipinski definition) is 4. The number of para-hydroxylation sites is 1. The Hall–Kier alpha value is -2.37. The standard InChI is InChI=1S/C18H22N2O4/c1-24-15-9-5-2-6-12(15)10-19-16(21)11-20-17(22)13-7-3-4-8-14(13)18(20)23/h2,5-6,9,13-14H,3-4,7-8,10-11H2,1H3,(H,19,21)/t13-,14+. The Morgan fingerprint density at radius 3 is 2.42 bits per heavy atom. The largest absolute Gasteiger partial charge is 0.496 e. The van der Waals surface area contributed by atoms with Crippen molar-refractivity contribution in [3.05, 3.63) is 29.8 Å². The predicted molar refractivity (Wildman–Crippen MR) is 87.0 cm³/mol. The first-order valence-corrected chi connectivity index (χ1v) is 8.35. The SMILES string of the molecule is COc1ccccc1CNC(=O)CN1C(=O)[C@H]2CCCC[C@H]2C1=O. The number of carbonyl (C=O) groups is 3. The van der Waals surface area contributed by atoms with Gasteiger partial charge in [0.2, 0.25) is 17.7 Å². The maximum absolute atomic E-state index is 12.4. The average molecular weight is 330 g/mol. The molecule has 1 saturated heterocycles. The second-order valence-corrected chi connectivity index (χ2v) is 6.35. The molecule has 1 aliphatic heterocycles. The summed E-state index contributed by atoms with van der Waals surface area (Å²) in [4.78, 5) is 38.0.